The first-order chi connectivity index (χ1) is 7.70. The molecule has 6 bridgehead atoms. The minimum absolute atomic E-state index is 0.0252. The van der Waals surface area contributed by atoms with Crippen LogP contribution >= 0.6 is 0 Å². The molecule has 1 nitrogen and oxygen atoms in total. The third-order valence-corrected chi connectivity index (χ3v) is 5.15. The highest BCUT2D eigenvalue weighted by Gasteiger charge is 2.92. The summed E-state index contributed by atoms with van der Waals surface area (Å²) in [6.45, 7) is 0. The normalized spacial score (nSPS) is 53.3. The summed E-state index contributed by atoms with van der Waals surface area (Å²) in [5.74, 6) is -2.29. The zero-order valence-corrected chi connectivity index (χ0v) is 8.35. The van der Waals surface area contributed by atoms with E-state index in [9.17, 15) is 26.3 Å². The molecule has 1 saturated heterocycles. The minimum atomic E-state index is -5.37. The van der Waals surface area contributed by atoms with Crippen LogP contribution in [0.25, 0.3) is 0 Å². The summed E-state index contributed by atoms with van der Waals surface area (Å²) in [4.78, 5) is 0. The second-order valence-electron chi connectivity index (χ2n) is 5.56. The molecule has 0 spiro atoms. The maximum absolute atomic E-state index is 12.9. The molecule has 0 aromatic rings. The minimum Gasteiger partial charge on any atom is -0.354 e. The number of alkyl halides is 6. The number of halogens is 6. The second kappa shape index (κ2) is 2.33. The maximum Gasteiger partial charge on any atom is 0.426 e. The van der Waals surface area contributed by atoms with Gasteiger partial charge in [0.25, 0.3) is 5.60 Å². The molecule has 6 atom stereocenters. The highest BCUT2D eigenvalue weighted by atomic mass is 19.4. The second-order valence-corrected chi connectivity index (χ2v) is 5.56. The third kappa shape index (κ3) is 0.831. The molecule has 0 aromatic heterocycles. The molecule has 5 rings (SSSR count). The Labute approximate surface area is 92.1 Å². The molecule has 4 saturated carbocycles. The van der Waals surface area contributed by atoms with Gasteiger partial charge in [-0.25, -0.2) is 0 Å². The first kappa shape index (κ1) is 10.5. The Morgan fingerprint density at radius 1 is 0.882 bits per heavy atom. The van der Waals surface area contributed by atoms with E-state index in [1.165, 1.54) is 0 Å². The van der Waals surface area contributed by atoms with Gasteiger partial charge in [-0.2, -0.15) is 26.3 Å². The van der Waals surface area contributed by atoms with Crippen LogP contribution in [-0.4, -0.2) is 24.1 Å². The molecule has 5 aliphatic rings. The molecule has 7 heteroatoms. The maximum atomic E-state index is 12.9. The van der Waals surface area contributed by atoms with E-state index < -0.39 is 41.8 Å². The van der Waals surface area contributed by atoms with Crippen molar-refractivity contribution >= 4 is 0 Å². The van der Waals surface area contributed by atoms with Crippen molar-refractivity contribution in [3.63, 3.8) is 0 Å². The summed E-state index contributed by atoms with van der Waals surface area (Å²) in [6, 6.07) is 0. The van der Waals surface area contributed by atoms with Gasteiger partial charge in [-0.15, -0.1) is 0 Å². The van der Waals surface area contributed by atoms with E-state index in [4.69, 9.17) is 0 Å². The van der Waals surface area contributed by atoms with Crippen LogP contribution in [0.15, 0.2) is 0 Å². The van der Waals surface area contributed by atoms with Crippen LogP contribution in [0.3, 0.4) is 0 Å². The smallest absolute Gasteiger partial charge is 0.354 e. The molecular formula is C10H8F6O. The number of ether oxygens (including phenoxy) is 1. The summed E-state index contributed by atoms with van der Waals surface area (Å²) >= 11 is 0. The van der Waals surface area contributed by atoms with Gasteiger partial charge in [0.15, 0.2) is 0 Å². The van der Waals surface area contributed by atoms with Gasteiger partial charge >= 0.3 is 12.4 Å². The standard InChI is InChI=1S/C10H8F6O/c11-9(12,13)8(10(14,15)16)6-3-1-2-4(6)5(2)7(3)17-8/h2-7H,1H2/t2-,3+,4?,5?,6?,7?/m1/s1. The molecule has 0 N–H and O–H groups in total. The molecular weight excluding hydrogens is 250 g/mol. The van der Waals surface area contributed by atoms with Crippen LogP contribution in [0.2, 0.25) is 0 Å². The highest BCUT2D eigenvalue weighted by molar-refractivity contribution is 5.31. The van der Waals surface area contributed by atoms with Crippen LogP contribution in [0.1, 0.15) is 6.42 Å². The summed E-state index contributed by atoms with van der Waals surface area (Å²) in [7, 11) is 0. The van der Waals surface area contributed by atoms with Crippen LogP contribution in [-0.2, 0) is 4.74 Å². The molecule has 96 valence electrons. The molecule has 1 aliphatic heterocycles. The fraction of sp³-hybridized carbons (Fsp3) is 1.00. The van der Waals surface area contributed by atoms with Crippen molar-refractivity contribution in [1.82, 2.24) is 0 Å². The van der Waals surface area contributed by atoms with E-state index in [2.05, 4.69) is 4.74 Å². The van der Waals surface area contributed by atoms with E-state index in [0.29, 0.717) is 6.42 Å². The Morgan fingerprint density at radius 3 is 1.82 bits per heavy atom. The van der Waals surface area contributed by atoms with Gasteiger partial charge in [0.05, 0.1) is 6.10 Å². The SMILES string of the molecule is FC(F)(F)C1(C(F)(F)F)OC2C3C4C1[C@@H]2C[C@@H]34. The lowest BCUT2D eigenvalue weighted by Gasteiger charge is -2.39. The summed E-state index contributed by atoms with van der Waals surface area (Å²) in [6.07, 6.45) is -11.1. The van der Waals surface area contributed by atoms with E-state index >= 15 is 0 Å². The number of hydrogen-bond acceptors (Lipinski definition) is 1. The Kier molecular flexibility index (Phi) is 1.43. The lowest BCUT2D eigenvalue weighted by atomic mass is 9.81. The van der Waals surface area contributed by atoms with Crippen molar-refractivity contribution in [3.05, 3.63) is 0 Å². The van der Waals surface area contributed by atoms with Crippen molar-refractivity contribution in [3.8, 4) is 0 Å². The average Bonchev–Trinajstić information content (AvgIpc) is 2.50. The first-order valence-corrected chi connectivity index (χ1v) is 5.51. The van der Waals surface area contributed by atoms with Crippen molar-refractivity contribution in [1.29, 1.82) is 0 Å². The van der Waals surface area contributed by atoms with Crippen LogP contribution in [0, 0.1) is 29.6 Å². The van der Waals surface area contributed by atoms with E-state index in [0.717, 1.165) is 0 Å². The van der Waals surface area contributed by atoms with Crippen molar-refractivity contribution in [2.45, 2.75) is 30.5 Å². The Morgan fingerprint density at radius 2 is 1.47 bits per heavy atom. The molecule has 4 unspecified atom stereocenters. The predicted octanol–water partition coefficient (Wildman–Crippen LogP) is 2.76. The fourth-order valence-electron chi connectivity index (χ4n) is 4.79. The molecule has 0 aromatic carbocycles. The summed E-state index contributed by atoms with van der Waals surface area (Å²) in [5.41, 5.74) is -3.89. The van der Waals surface area contributed by atoms with Crippen molar-refractivity contribution in [2.75, 3.05) is 0 Å². The summed E-state index contributed by atoms with van der Waals surface area (Å²) in [5, 5.41) is 0. The van der Waals surface area contributed by atoms with Gasteiger partial charge in [0.2, 0.25) is 0 Å². The quantitative estimate of drug-likeness (QED) is 0.607. The fourth-order valence-corrected chi connectivity index (χ4v) is 4.79. The van der Waals surface area contributed by atoms with Gasteiger partial charge in [-0.3, -0.25) is 0 Å². The number of rotatable bonds is 0. The largest absolute Gasteiger partial charge is 0.426 e. The van der Waals surface area contributed by atoms with E-state index in [1.54, 1.807) is 0 Å². The summed E-state index contributed by atoms with van der Waals surface area (Å²) < 4.78 is 82.0. The molecule has 5 fully saturated rings. The first-order valence-electron chi connectivity index (χ1n) is 5.51. The van der Waals surface area contributed by atoms with Crippen molar-refractivity contribution in [2.24, 2.45) is 29.6 Å². The van der Waals surface area contributed by atoms with Gasteiger partial charge in [-0.1, -0.05) is 0 Å². The van der Waals surface area contributed by atoms with Crippen molar-refractivity contribution < 1.29 is 31.1 Å². The lowest BCUT2D eigenvalue weighted by Crippen LogP contribution is -2.62. The van der Waals surface area contributed by atoms with E-state index in [1.807, 2.05) is 0 Å². The lowest BCUT2D eigenvalue weighted by molar-refractivity contribution is -0.393. The Hall–Kier alpha value is -0.460. The monoisotopic (exact) mass is 258 g/mol. The van der Waals surface area contributed by atoms with Crippen LogP contribution in [0.5, 0.6) is 0 Å². The zero-order valence-electron chi connectivity index (χ0n) is 8.35. The van der Waals surface area contributed by atoms with Gasteiger partial charge in [0, 0.05) is 5.92 Å². The van der Waals surface area contributed by atoms with Gasteiger partial charge in [-0.05, 0) is 30.1 Å². The zero-order chi connectivity index (χ0) is 12.4. The topological polar surface area (TPSA) is 9.23 Å². The van der Waals surface area contributed by atoms with E-state index in [-0.39, 0.29) is 11.8 Å². The molecule has 17 heavy (non-hydrogen) atoms. The molecule has 0 amide bonds. The predicted molar refractivity (Wildman–Crippen MR) is 41.8 cm³/mol. The average molecular weight is 258 g/mol. The Balaban J connectivity index is 1.86. The highest BCUT2D eigenvalue weighted by Crippen LogP contribution is 2.83. The van der Waals surface area contributed by atoms with Gasteiger partial charge < -0.3 is 4.74 Å². The Bertz CT molecular complexity index is 385. The van der Waals surface area contributed by atoms with Crippen LogP contribution in [0.4, 0.5) is 26.3 Å². The molecule has 4 aliphatic carbocycles. The number of hydrogen-bond donors (Lipinski definition) is 0. The van der Waals surface area contributed by atoms with Gasteiger partial charge in [0.1, 0.15) is 0 Å². The third-order valence-electron chi connectivity index (χ3n) is 5.15. The van der Waals surface area contributed by atoms with Crippen LogP contribution < -0.4 is 0 Å². The molecule has 1 heterocycles. The molecule has 0 radical (unpaired) electrons.